The van der Waals surface area contributed by atoms with E-state index >= 15 is 0 Å². The van der Waals surface area contributed by atoms with Gasteiger partial charge < -0.3 is 20.4 Å². The van der Waals surface area contributed by atoms with E-state index in [0.717, 1.165) is 31.4 Å². The zero-order valence-electron chi connectivity index (χ0n) is 20.4. The predicted octanol–water partition coefficient (Wildman–Crippen LogP) is 4.39. The van der Waals surface area contributed by atoms with Crippen LogP contribution in [0.4, 0.5) is 8.78 Å². The second-order valence-electron chi connectivity index (χ2n) is 9.89. The van der Waals surface area contributed by atoms with E-state index in [2.05, 4.69) is 15.2 Å². The van der Waals surface area contributed by atoms with Gasteiger partial charge in [-0.1, -0.05) is 11.6 Å². The number of likely N-dealkylation sites (tertiary alicyclic amines) is 1. The molecule has 0 aromatic heterocycles. The topological polar surface area (TPSA) is 81.0 Å². The lowest BCUT2D eigenvalue weighted by Crippen LogP contribution is -2.47. The Labute approximate surface area is 214 Å². The number of ether oxygens (including phenoxy) is 1. The van der Waals surface area contributed by atoms with Gasteiger partial charge in [-0.15, -0.1) is 0 Å². The van der Waals surface area contributed by atoms with Crippen molar-refractivity contribution in [3.05, 3.63) is 51.7 Å². The number of piperidine rings is 1. The molecule has 4 aliphatic heterocycles. The van der Waals surface area contributed by atoms with E-state index in [9.17, 15) is 13.6 Å². The molecule has 1 aromatic carbocycles. The number of benzene rings is 1. The van der Waals surface area contributed by atoms with Crippen molar-refractivity contribution in [2.45, 2.75) is 57.7 Å². The van der Waals surface area contributed by atoms with Crippen molar-refractivity contribution in [3.8, 4) is 5.75 Å². The molecule has 0 aliphatic carbocycles. The van der Waals surface area contributed by atoms with Gasteiger partial charge in [-0.3, -0.25) is 9.69 Å². The predicted molar refractivity (Wildman–Crippen MR) is 135 cm³/mol. The smallest absolute Gasteiger partial charge is 0.258 e. The number of allylic oxidation sites excluding steroid dienone is 2. The molecule has 3 fully saturated rings. The summed E-state index contributed by atoms with van der Waals surface area (Å²) < 4.78 is 33.4. The number of halogens is 3. The fraction of sp³-hybridized carbons (Fsp3) is 0.500. The SMILES string of the molecule is CC1=N/C(=C2\CN(C(=O)c3ccc(F)cc3OC3C[C@H]4CC[C@@H](C3)N4CCF)CC2=N)NC(C)=C1Cl. The monoisotopic (exact) mass is 517 g/mol. The molecule has 10 heteroatoms. The van der Waals surface area contributed by atoms with E-state index in [4.69, 9.17) is 21.7 Å². The molecule has 2 N–H and O–H groups in total. The van der Waals surface area contributed by atoms with E-state index in [-0.39, 0.29) is 60.9 Å². The summed E-state index contributed by atoms with van der Waals surface area (Å²) in [6.45, 7) is 4.01. The van der Waals surface area contributed by atoms with Gasteiger partial charge in [0.2, 0.25) is 0 Å². The lowest BCUT2D eigenvalue weighted by molar-refractivity contribution is 0.0447. The standard InChI is InChI=1S/C26H30ClF2N5O2/c1-14-24(27)15(2)32-25(31-14)21-12-33(13-22(21)30)26(35)20-6-3-16(29)9-23(20)36-19-10-17-4-5-18(11-19)34(17)8-7-28/h3,6,9,17-19,30-31H,4-5,7-8,10-13H2,1-2H3/b25-21+,30-22?/t17-,18+,19?. The summed E-state index contributed by atoms with van der Waals surface area (Å²) in [5, 5.41) is 12.1. The summed E-state index contributed by atoms with van der Waals surface area (Å²) in [4.78, 5) is 21.8. The van der Waals surface area contributed by atoms with Crippen LogP contribution in [0.25, 0.3) is 0 Å². The molecular weight excluding hydrogens is 488 g/mol. The number of rotatable bonds is 5. The van der Waals surface area contributed by atoms with Crippen LogP contribution in [0.15, 0.2) is 45.3 Å². The van der Waals surface area contributed by atoms with Crippen molar-refractivity contribution in [1.29, 1.82) is 5.41 Å². The van der Waals surface area contributed by atoms with Crippen LogP contribution >= 0.6 is 11.6 Å². The number of nitrogens with zero attached hydrogens (tertiary/aromatic N) is 3. The Balaban J connectivity index is 1.34. The number of carbonyl (C=O) groups excluding carboxylic acids is 1. The normalized spacial score (nSPS) is 28.5. The molecule has 1 aromatic rings. The van der Waals surface area contributed by atoms with E-state index in [1.165, 1.54) is 18.2 Å². The summed E-state index contributed by atoms with van der Waals surface area (Å²) in [5.41, 5.74) is 2.56. The lowest BCUT2D eigenvalue weighted by atomic mass is 9.99. The molecule has 1 unspecified atom stereocenters. The van der Waals surface area contributed by atoms with E-state index in [1.54, 1.807) is 11.8 Å². The van der Waals surface area contributed by atoms with Gasteiger partial charge in [0.15, 0.2) is 0 Å². The van der Waals surface area contributed by atoms with Crippen LogP contribution in [-0.4, -0.2) is 71.6 Å². The third-order valence-electron chi connectivity index (χ3n) is 7.52. The highest BCUT2D eigenvalue weighted by molar-refractivity contribution is 6.43. The number of carbonyl (C=O) groups is 1. The molecule has 3 atom stereocenters. The van der Waals surface area contributed by atoms with Crippen LogP contribution < -0.4 is 10.1 Å². The minimum absolute atomic E-state index is 0.118. The van der Waals surface area contributed by atoms with Crippen LogP contribution in [0.2, 0.25) is 0 Å². The number of alkyl halides is 1. The number of fused-ring (bicyclic) bond motifs is 2. The Kier molecular flexibility index (Phi) is 6.87. The molecule has 36 heavy (non-hydrogen) atoms. The first-order valence-corrected chi connectivity index (χ1v) is 12.7. The number of aliphatic imine (C=N–C) groups is 1. The fourth-order valence-electron chi connectivity index (χ4n) is 5.78. The maximum atomic E-state index is 14.2. The highest BCUT2D eigenvalue weighted by Gasteiger charge is 2.41. The van der Waals surface area contributed by atoms with Crippen molar-refractivity contribution in [2.75, 3.05) is 26.3 Å². The molecule has 4 heterocycles. The minimum atomic E-state index is -0.480. The molecule has 3 saturated heterocycles. The molecule has 4 aliphatic rings. The number of amides is 1. The average Bonchev–Trinajstić information content (AvgIpc) is 3.33. The summed E-state index contributed by atoms with van der Waals surface area (Å²) >= 11 is 6.22. The first-order valence-electron chi connectivity index (χ1n) is 12.3. The molecule has 5 rings (SSSR count). The third-order valence-corrected chi connectivity index (χ3v) is 8.08. The van der Waals surface area contributed by atoms with Crippen LogP contribution in [-0.2, 0) is 0 Å². The van der Waals surface area contributed by atoms with Gasteiger partial charge in [-0.05, 0) is 51.7 Å². The summed E-state index contributed by atoms with van der Waals surface area (Å²) in [5.74, 6) is -0.0799. The number of hydrogen-bond acceptors (Lipinski definition) is 6. The van der Waals surface area contributed by atoms with Crippen molar-refractivity contribution in [1.82, 2.24) is 15.1 Å². The zero-order chi connectivity index (χ0) is 25.6. The Morgan fingerprint density at radius 2 is 1.97 bits per heavy atom. The van der Waals surface area contributed by atoms with Crippen molar-refractivity contribution >= 4 is 28.9 Å². The fourth-order valence-corrected chi connectivity index (χ4v) is 5.87. The van der Waals surface area contributed by atoms with Gasteiger partial charge in [-0.25, -0.2) is 13.8 Å². The molecule has 0 spiro atoms. The van der Waals surface area contributed by atoms with Crippen LogP contribution in [0.1, 0.15) is 49.9 Å². The van der Waals surface area contributed by atoms with Crippen LogP contribution in [0, 0.1) is 11.2 Å². The number of nitrogens with one attached hydrogen (secondary N) is 2. The van der Waals surface area contributed by atoms with E-state index in [1.807, 2.05) is 6.92 Å². The molecular formula is C26H30ClF2N5O2. The third kappa shape index (κ3) is 4.66. The average molecular weight is 518 g/mol. The molecule has 0 radical (unpaired) electrons. The second-order valence-corrected chi connectivity index (χ2v) is 10.3. The Morgan fingerprint density at radius 1 is 1.25 bits per heavy atom. The lowest BCUT2D eigenvalue weighted by Gasteiger charge is -2.38. The largest absolute Gasteiger partial charge is 0.489 e. The zero-order valence-corrected chi connectivity index (χ0v) is 21.2. The molecule has 7 nitrogen and oxygen atoms in total. The summed E-state index contributed by atoms with van der Waals surface area (Å²) in [6.07, 6.45) is 3.29. The van der Waals surface area contributed by atoms with E-state index < -0.39 is 5.82 Å². The van der Waals surface area contributed by atoms with Gasteiger partial charge >= 0.3 is 0 Å². The first-order chi connectivity index (χ1) is 17.2. The minimum Gasteiger partial charge on any atom is -0.489 e. The molecule has 2 bridgehead atoms. The summed E-state index contributed by atoms with van der Waals surface area (Å²) in [6, 6.07) is 4.46. The molecule has 0 saturated carbocycles. The highest BCUT2D eigenvalue weighted by atomic mass is 35.5. The maximum Gasteiger partial charge on any atom is 0.258 e. The van der Waals surface area contributed by atoms with Crippen LogP contribution in [0.5, 0.6) is 5.75 Å². The van der Waals surface area contributed by atoms with E-state index in [0.29, 0.717) is 28.7 Å². The van der Waals surface area contributed by atoms with Gasteiger partial charge in [-0.2, -0.15) is 0 Å². The maximum absolute atomic E-state index is 14.2. The first kappa shape index (κ1) is 24.9. The highest BCUT2D eigenvalue weighted by Crippen LogP contribution is 2.38. The Hall–Kier alpha value is -2.78. The second kappa shape index (κ2) is 9.94. The Bertz CT molecular complexity index is 1180. The number of hydrogen-bond donors (Lipinski definition) is 2. The van der Waals surface area contributed by atoms with Crippen molar-refractivity contribution < 1.29 is 18.3 Å². The van der Waals surface area contributed by atoms with Crippen LogP contribution in [0.3, 0.4) is 0 Å². The van der Waals surface area contributed by atoms with Crippen molar-refractivity contribution in [2.24, 2.45) is 4.99 Å². The van der Waals surface area contributed by atoms with Gasteiger partial charge in [0.1, 0.15) is 30.2 Å². The molecule has 1 amide bonds. The Morgan fingerprint density at radius 3 is 2.64 bits per heavy atom. The van der Waals surface area contributed by atoms with Gasteiger partial charge in [0.05, 0.1) is 35.1 Å². The van der Waals surface area contributed by atoms with Gasteiger partial charge in [0, 0.05) is 36.0 Å². The summed E-state index contributed by atoms with van der Waals surface area (Å²) in [7, 11) is 0. The van der Waals surface area contributed by atoms with Gasteiger partial charge in [0.25, 0.3) is 5.91 Å². The quantitative estimate of drug-likeness (QED) is 0.607. The molecule has 192 valence electrons. The van der Waals surface area contributed by atoms with Crippen molar-refractivity contribution in [3.63, 3.8) is 0 Å².